The average molecular weight is 367 g/mol. The van der Waals surface area contributed by atoms with Crippen LogP contribution < -0.4 is 15.4 Å². The van der Waals surface area contributed by atoms with Crippen molar-refractivity contribution >= 4 is 6.03 Å². The average Bonchev–Trinajstić information content (AvgIpc) is 2.88. The maximum absolute atomic E-state index is 13.0. The van der Waals surface area contributed by atoms with E-state index in [1.807, 2.05) is 0 Å². The van der Waals surface area contributed by atoms with E-state index in [4.69, 9.17) is 0 Å². The van der Waals surface area contributed by atoms with Crippen molar-refractivity contribution < 1.29 is 31.5 Å². The Bertz CT molecular complexity index is 595. The lowest BCUT2D eigenvalue weighted by molar-refractivity contribution is -0.154. The first-order valence-electron chi connectivity index (χ1n) is 7.67. The first-order chi connectivity index (χ1) is 11.6. The van der Waals surface area contributed by atoms with Crippen molar-refractivity contribution in [1.29, 1.82) is 0 Å². The molecule has 1 aliphatic rings. The monoisotopic (exact) mass is 367 g/mol. The van der Waals surface area contributed by atoms with Crippen LogP contribution in [0.3, 0.4) is 0 Å². The number of amides is 2. The highest BCUT2D eigenvalue weighted by Crippen LogP contribution is 2.38. The van der Waals surface area contributed by atoms with E-state index in [0.29, 0.717) is 12.0 Å². The molecule has 2 amide bonds. The van der Waals surface area contributed by atoms with Crippen LogP contribution in [-0.4, -0.2) is 36.3 Å². The molecule has 0 saturated heterocycles. The topological polar surface area (TPSA) is 63.2 Å². The van der Waals surface area contributed by atoms with E-state index in [9.17, 15) is 26.7 Å². The van der Waals surface area contributed by atoms with Crippen molar-refractivity contribution in [2.24, 2.45) is 5.92 Å². The van der Waals surface area contributed by atoms with Gasteiger partial charge in [-0.2, -0.15) is 13.2 Å². The molecule has 1 unspecified atom stereocenters. The molecule has 1 atom stereocenters. The van der Waals surface area contributed by atoms with E-state index in [-0.39, 0.29) is 37.7 Å². The predicted octanol–water partition coefficient (Wildman–Crippen LogP) is 3.26. The number of halogens is 5. The normalized spacial score (nSPS) is 19.5. The SMILES string of the molecule is O=C(NCc1ccnc(OCC(F)(F)F)c1)NCC1CCC(F)(F)C1. The number of aromatic nitrogens is 1. The fourth-order valence-electron chi connectivity index (χ4n) is 2.49. The minimum atomic E-state index is -4.47. The highest BCUT2D eigenvalue weighted by Gasteiger charge is 2.39. The molecule has 10 heteroatoms. The zero-order valence-electron chi connectivity index (χ0n) is 13.2. The number of urea groups is 1. The van der Waals surface area contributed by atoms with Crippen molar-refractivity contribution in [1.82, 2.24) is 15.6 Å². The second-order valence-corrected chi connectivity index (χ2v) is 5.93. The minimum Gasteiger partial charge on any atom is -0.468 e. The Balaban J connectivity index is 1.72. The van der Waals surface area contributed by atoms with Crippen LogP contribution in [0.2, 0.25) is 0 Å². The highest BCUT2D eigenvalue weighted by molar-refractivity contribution is 5.73. The molecule has 1 saturated carbocycles. The van der Waals surface area contributed by atoms with Crippen LogP contribution in [0.4, 0.5) is 26.7 Å². The van der Waals surface area contributed by atoms with Crippen LogP contribution in [0.25, 0.3) is 0 Å². The summed E-state index contributed by atoms with van der Waals surface area (Å²) in [5.74, 6) is -3.12. The number of pyridine rings is 1. The first-order valence-corrected chi connectivity index (χ1v) is 7.67. The van der Waals surface area contributed by atoms with Crippen LogP contribution in [0.1, 0.15) is 24.8 Å². The second kappa shape index (κ2) is 7.83. The Morgan fingerprint density at radius 1 is 1.36 bits per heavy atom. The molecule has 5 nitrogen and oxygen atoms in total. The van der Waals surface area contributed by atoms with Crippen LogP contribution >= 0.6 is 0 Å². The summed E-state index contributed by atoms with van der Waals surface area (Å²) < 4.78 is 66.9. The first kappa shape index (κ1) is 19.2. The summed E-state index contributed by atoms with van der Waals surface area (Å²) in [6.45, 7) is -1.27. The molecule has 1 aromatic rings. The summed E-state index contributed by atoms with van der Waals surface area (Å²) in [5.41, 5.74) is 0.495. The van der Waals surface area contributed by atoms with E-state index in [1.54, 1.807) is 0 Å². The zero-order chi connectivity index (χ0) is 18.5. The van der Waals surface area contributed by atoms with Gasteiger partial charge in [0.1, 0.15) is 0 Å². The smallest absolute Gasteiger partial charge is 0.422 e. The van der Waals surface area contributed by atoms with Crippen LogP contribution in [0, 0.1) is 5.92 Å². The van der Waals surface area contributed by atoms with E-state index in [0.717, 1.165) is 0 Å². The number of carbonyl (C=O) groups is 1. The van der Waals surface area contributed by atoms with E-state index in [2.05, 4.69) is 20.4 Å². The van der Waals surface area contributed by atoms with Crippen LogP contribution in [0.5, 0.6) is 5.88 Å². The molecule has 2 rings (SSSR count). The molecule has 1 aliphatic carbocycles. The van der Waals surface area contributed by atoms with Gasteiger partial charge in [0.05, 0.1) is 0 Å². The molecular formula is C15H18F5N3O2. The van der Waals surface area contributed by atoms with Gasteiger partial charge < -0.3 is 15.4 Å². The van der Waals surface area contributed by atoms with Crippen molar-refractivity contribution in [3.05, 3.63) is 23.9 Å². The second-order valence-electron chi connectivity index (χ2n) is 5.93. The Labute approximate surface area is 140 Å². The molecule has 0 spiro atoms. The number of alkyl halides is 5. The minimum absolute atomic E-state index is 0.0392. The standard InChI is InChI=1S/C15H18F5N3O2/c16-14(17)3-1-11(6-14)8-23-13(24)22-7-10-2-4-21-12(5-10)25-9-15(18,19)20/h2,4-5,11H,1,3,6-9H2,(H2,22,23,24). The summed E-state index contributed by atoms with van der Waals surface area (Å²) in [5, 5.41) is 5.01. The molecule has 2 N–H and O–H groups in total. The van der Waals surface area contributed by atoms with E-state index in [1.165, 1.54) is 18.3 Å². The largest absolute Gasteiger partial charge is 0.468 e. The van der Waals surface area contributed by atoms with Crippen molar-refractivity contribution in [3.63, 3.8) is 0 Å². The van der Waals surface area contributed by atoms with Crippen molar-refractivity contribution in [2.75, 3.05) is 13.2 Å². The number of nitrogens with one attached hydrogen (secondary N) is 2. The van der Waals surface area contributed by atoms with E-state index >= 15 is 0 Å². The molecule has 0 bridgehead atoms. The van der Waals surface area contributed by atoms with Gasteiger partial charge in [0.2, 0.25) is 11.8 Å². The van der Waals surface area contributed by atoms with Gasteiger partial charge in [-0.1, -0.05) is 0 Å². The number of hydrogen-bond acceptors (Lipinski definition) is 3. The van der Waals surface area contributed by atoms with Crippen molar-refractivity contribution in [3.8, 4) is 5.88 Å². The summed E-state index contributed by atoms with van der Waals surface area (Å²) in [7, 11) is 0. The molecule has 1 heterocycles. The third-order valence-electron chi connectivity index (χ3n) is 3.69. The number of hydrogen-bond donors (Lipinski definition) is 2. The van der Waals surface area contributed by atoms with Gasteiger partial charge in [0.15, 0.2) is 6.61 Å². The van der Waals surface area contributed by atoms with Gasteiger partial charge in [0, 0.05) is 38.2 Å². The summed E-state index contributed by atoms with van der Waals surface area (Å²) in [6.07, 6.45) is -3.25. The van der Waals surface area contributed by atoms with Crippen molar-refractivity contribution in [2.45, 2.75) is 37.9 Å². The lowest BCUT2D eigenvalue weighted by Gasteiger charge is -2.13. The van der Waals surface area contributed by atoms with Gasteiger partial charge in [-0.05, 0) is 24.0 Å². The Hall–Kier alpha value is -2.13. The molecular weight excluding hydrogens is 349 g/mol. The Morgan fingerprint density at radius 2 is 2.12 bits per heavy atom. The Morgan fingerprint density at radius 3 is 2.76 bits per heavy atom. The van der Waals surface area contributed by atoms with E-state index < -0.39 is 24.7 Å². The maximum Gasteiger partial charge on any atom is 0.422 e. The molecule has 1 aromatic heterocycles. The third-order valence-corrected chi connectivity index (χ3v) is 3.69. The summed E-state index contributed by atoms with van der Waals surface area (Å²) >= 11 is 0. The quantitative estimate of drug-likeness (QED) is 0.759. The number of nitrogens with zero attached hydrogens (tertiary/aromatic N) is 1. The molecule has 1 fully saturated rings. The van der Waals surface area contributed by atoms with Gasteiger partial charge in [-0.15, -0.1) is 0 Å². The summed E-state index contributed by atoms with van der Waals surface area (Å²) in [4.78, 5) is 15.3. The predicted molar refractivity (Wildman–Crippen MR) is 78.3 cm³/mol. The number of ether oxygens (including phenoxy) is 1. The molecule has 0 aliphatic heterocycles. The number of carbonyl (C=O) groups excluding carboxylic acids is 1. The van der Waals surface area contributed by atoms with Gasteiger partial charge in [-0.3, -0.25) is 0 Å². The Kier molecular flexibility index (Phi) is 6.02. The molecule has 25 heavy (non-hydrogen) atoms. The lowest BCUT2D eigenvalue weighted by atomic mass is 10.1. The van der Waals surface area contributed by atoms with Crippen LogP contribution in [0.15, 0.2) is 18.3 Å². The fourth-order valence-corrected chi connectivity index (χ4v) is 2.49. The van der Waals surface area contributed by atoms with Gasteiger partial charge >= 0.3 is 12.2 Å². The summed E-state index contributed by atoms with van der Waals surface area (Å²) in [6, 6.07) is 2.26. The number of rotatable bonds is 6. The lowest BCUT2D eigenvalue weighted by Crippen LogP contribution is -2.37. The molecule has 0 radical (unpaired) electrons. The van der Waals surface area contributed by atoms with Gasteiger partial charge in [-0.25, -0.2) is 18.6 Å². The fraction of sp³-hybridized carbons (Fsp3) is 0.600. The van der Waals surface area contributed by atoms with Gasteiger partial charge in [0.25, 0.3) is 0 Å². The molecule has 140 valence electrons. The zero-order valence-corrected chi connectivity index (χ0v) is 13.2. The van der Waals surface area contributed by atoms with Crippen LogP contribution in [-0.2, 0) is 6.54 Å². The third kappa shape index (κ3) is 7.10. The highest BCUT2D eigenvalue weighted by atomic mass is 19.4. The maximum atomic E-state index is 13.0. The molecule has 0 aromatic carbocycles.